The maximum atomic E-state index is 13.8. The van der Waals surface area contributed by atoms with E-state index in [0.29, 0.717) is 23.9 Å². The molecule has 0 saturated carbocycles. The summed E-state index contributed by atoms with van der Waals surface area (Å²) in [6.45, 7) is 0.427. The summed E-state index contributed by atoms with van der Waals surface area (Å²) in [5.41, 5.74) is 0.681. The molecule has 0 spiro atoms. The number of nitrogens with zero attached hydrogens (tertiary/aromatic N) is 2. The van der Waals surface area contributed by atoms with E-state index in [4.69, 9.17) is 9.47 Å². The van der Waals surface area contributed by atoms with E-state index < -0.39 is 17.5 Å². The van der Waals surface area contributed by atoms with Gasteiger partial charge in [-0.2, -0.15) is 0 Å². The van der Waals surface area contributed by atoms with E-state index >= 15 is 0 Å². The van der Waals surface area contributed by atoms with Crippen molar-refractivity contribution in [3.8, 4) is 11.5 Å². The Morgan fingerprint density at radius 2 is 1.61 bits per heavy atom. The second-order valence-corrected chi connectivity index (χ2v) is 5.68. The highest BCUT2D eigenvalue weighted by Gasteiger charge is 2.14. The zero-order valence-electron chi connectivity index (χ0n) is 15.1. The summed E-state index contributed by atoms with van der Waals surface area (Å²) in [5.74, 6) is -2.24. The average Bonchev–Trinajstić information content (AvgIpc) is 2.72. The van der Waals surface area contributed by atoms with Crippen LogP contribution in [0.15, 0.2) is 42.7 Å². The molecule has 2 aromatic carbocycles. The van der Waals surface area contributed by atoms with Crippen LogP contribution in [0, 0.1) is 17.5 Å². The Bertz CT molecular complexity index is 985. The number of anilines is 3. The fraction of sp³-hybridized carbons (Fsp3) is 0.158. The van der Waals surface area contributed by atoms with Gasteiger partial charge in [-0.1, -0.05) is 6.07 Å². The van der Waals surface area contributed by atoms with Crippen molar-refractivity contribution in [2.24, 2.45) is 0 Å². The van der Waals surface area contributed by atoms with Crippen LogP contribution in [0.2, 0.25) is 0 Å². The molecule has 0 amide bonds. The van der Waals surface area contributed by atoms with E-state index in [-0.39, 0.29) is 11.5 Å². The van der Waals surface area contributed by atoms with E-state index in [2.05, 4.69) is 20.6 Å². The number of rotatable bonds is 7. The molecular formula is C19H17F3N4O2. The first-order valence-electron chi connectivity index (χ1n) is 8.19. The van der Waals surface area contributed by atoms with Gasteiger partial charge in [0.1, 0.15) is 18.0 Å². The zero-order valence-corrected chi connectivity index (χ0v) is 15.1. The van der Waals surface area contributed by atoms with Gasteiger partial charge in [0.25, 0.3) is 0 Å². The van der Waals surface area contributed by atoms with Gasteiger partial charge in [0.15, 0.2) is 29.0 Å². The van der Waals surface area contributed by atoms with Crippen molar-refractivity contribution < 1.29 is 22.6 Å². The molecule has 0 saturated heterocycles. The zero-order chi connectivity index (χ0) is 20.1. The minimum atomic E-state index is -1.55. The van der Waals surface area contributed by atoms with Crippen LogP contribution in [0.1, 0.15) is 5.56 Å². The summed E-state index contributed by atoms with van der Waals surface area (Å²) in [6.07, 6.45) is 1.26. The maximum absolute atomic E-state index is 13.8. The molecule has 0 radical (unpaired) electrons. The number of hydrogen-bond acceptors (Lipinski definition) is 6. The molecule has 28 heavy (non-hydrogen) atoms. The number of aromatic nitrogens is 2. The van der Waals surface area contributed by atoms with Gasteiger partial charge in [-0.05, 0) is 29.8 Å². The number of nitrogens with one attached hydrogen (secondary N) is 2. The highest BCUT2D eigenvalue weighted by Crippen LogP contribution is 2.28. The van der Waals surface area contributed by atoms with Crippen LogP contribution in [0.4, 0.5) is 30.5 Å². The summed E-state index contributed by atoms with van der Waals surface area (Å²) in [4.78, 5) is 8.03. The Labute approximate surface area is 159 Å². The van der Waals surface area contributed by atoms with Crippen molar-refractivity contribution in [3.63, 3.8) is 0 Å². The highest BCUT2D eigenvalue weighted by molar-refractivity contribution is 5.59. The van der Waals surface area contributed by atoms with E-state index in [9.17, 15) is 13.2 Å². The molecule has 1 heterocycles. The first kappa shape index (κ1) is 19.3. The number of methoxy groups -OCH3 is 2. The van der Waals surface area contributed by atoms with E-state index in [1.807, 2.05) is 12.1 Å². The Kier molecular flexibility index (Phi) is 5.83. The normalized spacial score (nSPS) is 10.5. The fourth-order valence-corrected chi connectivity index (χ4v) is 2.47. The summed E-state index contributed by atoms with van der Waals surface area (Å²) in [5, 5.41) is 5.70. The summed E-state index contributed by atoms with van der Waals surface area (Å²) < 4.78 is 50.6. The third-order valence-corrected chi connectivity index (χ3v) is 3.89. The smallest absolute Gasteiger partial charge is 0.196 e. The number of benzene rings is 2. The van der Waals surface area contributed by atoms with Gasteiger partial charge in [0, 0.05) is 12.6 Å². The maximum Gasteiger partial charge on any atom is 0.196 e. The molecule has 0 atom stereocenters. The molecule has 0 unspecified atom stereocenters. The van der Waals surface area contributed by atoms with Gasteiger partial charge in [0.05, 0.1) is 19.9 Å². The van der Waals surface area contributed by atoms with Crippen LogP contribution in [-0.2, 0) is 6.54 Å². The van der Waals surface area contributed by atoms with Crippen molar-refractivity contribution >= 4 is 17.3 Å². The number of ether oxygens (including phenoxy) is 2. The minimum Gasteiger partial charge on any atom is -0.493 e. The molecule has 2 N–H and O–H groups in total. The lowest BCUT2D eigenvalue weighted by Crippen LogP contribution is -2.04. The molecule has 0 aliphatic carbocycles. The van der Waals surface area contributed by atoms with E-state index in [0.717, 1.165) is 17.7 Å². The molecule has 0 aliphatic heterocycles. The van der Waals surface area contributed by atoms with Gasteiger partial charge in [0.2, 0.25) is 0 Å². The summed E-state index contributed by atoms with van der Waals surface area (Å²) in [7, 11) is 3.11. The predicted molar refractivity (Wildman–Crippen MR) is 98.5 cm³/mol. The van der Waals surface area contributed by atoms with E-state index in [1.54, 1.807) is 20.3 Å². The number of hydrogen-bond donors (Lipinski definition) is 2. The topological polar surface area (TPSA) is 68.3 Å². The third-order valence-electron chi connectivity index (χ3n) is 3.89. The van der Waals surface area contributed by atoms with E-state index in [1.165, 1.54) is 12.4 Å². The fourth-order valence-electron chi connectivity index (χ4n) is 2.47. The first-order chi connectivity index (χ1) is 13.5. The van der Waals surface area contributed by atoms with Crippen molar-refractivity contribution in [2.75, 3.05) is 24.9 Å². The van der Waals surface area contributed by atoms with Gasteiger partial charge in [-0.25, -0.2) is 23.1 Å². The minimum absolute atomic E-state index is 0.217. The molecule has 3 rings (SSSR count). The summed E-state index contributed by atoms with van der Waals surface area (Å²) >= 11 is 0. The Hall–Kier alpha value is -3.49. The summed E-state index contributed by atoms with van der Waals surface area (Å²) in [6, 6.07) is 8.91. The van der Waals surface area contributed by atoms with Crippen LogP contribution in [0.25, 0.3) is 0 Å². The molecular weight excluding hydrogens is 373 g/mol. The Morgan fingerprint density at radius 3 is 2.36 bits per heavy atom. The predicted octanol–water partition coefficient (Wildman–Crippen LogP) is 4.27. The lowest BCUT2D eigenvalue weighted by molar-refractivity contribution is 0.354. The Balaban J connectivity index is 1.71. The lowest BCUT2D eigenvalue weighted by Gasteiger charge is -2.11. The third kappa shape index (κ3) is 4.25. The largest absolute Gasteiger partial charge is 0.493 e. The van der Waals surface area contributed by atoms with Gasteiger partial charge in [-0.3, -0.25) is 0 Å². The second-order valence-electron chi connectivity index (χ2n) is 5.68. The Morgan fingerprint density at radius 1 is 0.857 bits per heavy atom. The quantitative estimate of drug-likeness (QED) is 0.588. The van der Waals surface area contributed by atoms with Gasteiger partial charge >= 0.3 is 0 Å². The number of halogens is 3. The average molecular weight is 390 g/mol. The van der Waals surface area contributed by atoms with Crippen LogP contribution < -0.4 is 20.1 Å². The van der Waals surface area contributed by atoms with Crippen molar-refractivity contribution in [1.29, 1.82) is 0 Å². The molecule has 6 nitrogen and oxygen atoms in total. The first-order valence-corrected chi connectivity index (χ1v) is 8.19. The van der Waals surface area contributed by atoms with Crippen LogP contribution in [0.5, 0.6) is 11.5 Å². The highest BCUT2D eigenvalue weighted by atomic mass is 19.2. The molecule has 0 aliphatic rings. The second kappa shape index (κ2) is 8.47. The van der Waals surface area contributed by atoms with Crippen LogP contribution >= 0.6 is 0 Å². The SMILES string of the molecule is COc1ccc(CNc2cc(Nc3ccc(F)c(F)c3F)ncn2)cc1OC. The van der Waals surface area contributed by atoms with Gasteiger partial charge in [-0.15, -0.1) is 0 Å². The van der Waals surface area contributed by atoms with Crippen LogP contribution in [-0.4, -0.2) is 24.2 Å². The molecule has 1 aromatic heterocycles. The van der Waals surface area contributed by atoms with Crippen molar-refractivity contribution in [2.45, 2.75) is 6.54 Å². The van der Waals surface area contributed by atoms with Crippen molar-refractivity contribution in [3.05, 3.63) is 65.7 Å². The monoisotopic (exact) mass is 390 g/mol. The standard InChI is InChI=1S/C19H17F3N4O2/c1-27-14-6-3-11(7-15(14)28-2)9-23-16-8-17(25-10-24-16)26-13-5-4-12(20)18(21)19(13)22/h3-8,10H,9H2,1-2H3,(H2,23,24,25,26). The molecule has 146 valence electrons. The van der Waals surface area contributed by atoms with Gasteiger partial charge < -0.3 is 20.1 Å². The molecule has 9 heteroatoms. The molecule has 3 aromatic rings. The lowest BCUT2D eigenvalue weighted by atomic mass is 10.2. The molecule has 0 bridgehead atoms. The van der Waals surface area contributed by atoms with Crippen molar-refractivity contribution in [1.82, 2.24) is 9.97 Å². The van der Waals surface area contributed by atoms with Crippen LogP contribution in [0.3, 0.4) is 0 Å². The molecule has 0 fully saturated rings.